The molecule has 9 heteroatoms. The Balaban J connectivity index is 1.24. The maximum Gasteiger partial charge on any atom is 0.230 e. The SMILES string of the molecule is Cc1sc2ncnc(SCC(=O)NCc3cccc(OCCN4CCOCC4)c3)c2c1C. The van der Waals surface area contributed by atoms with Crippen LogP contribution in [0.3, 0.4) is 0 Å². The number of aromatic nitrogens is 2. The van der Waals surface area contributed by atoms with E-state index in [2.05, 4.69) is 34.0 Å². The van der Waals surface area contributed by atoms with Crippen LogP contribution in [0.25, 0.3) is 10.2 Å². The first-order chi connectivity index (χ1) is 15.6. The van der Waals surface area contributed by atoms with Crippen LogP contribution in [0, 0.1) is 13.8 Å². The van der Waals surface area contributed by atoms with E-state index in [9.17, 15) is 4.79 Å². The average Bonchev–Trinajstić information content (AvgIpc) is 3.11. The molecule has 0 atom stereocenters. The normalized spacial score (nSPS) is 14.6. The molecular formula is C23H28N4O3S2. The van der Waals surface area contributed by atoms with Gasteiger partial charge in [0, 0.05) is 36.4 Å². The van der Waals surface area contributed by atoms with Crippen LogP contribution >= 0.6 is 23.1 Å². The average molecular weight is 473 g/mol. The quantitative estimate of drug-likeness (QED) is 0.378. The van der Waals surface area contributed by atoms with Crippen molar-refractivity contribution in [2.75, 3.05) is 45.2 Å². The van der Waals surface area contributed by atoms with Crippen molar-refractivity contribution in [3.63, 3.8) is 0 Å². The first-order valence-electron chi connectivity index (χ1n) is 10.7. The van der Waals surface area contributed by atoms with Crippen molar-refractivity contribution in [2.45, 2.75) is 25.4 Å². The van der Waals surface area contributed by atoms with Crippen molar-refractivity contribution >= 4 is 39.2 Å². The fourth-order valence-electron chi connectivity index (χ4n) is 3.51. The number of benzene rings is 1. The number of amides is 1. The fraction of sp³-hybridized carbons (Fsp3) is 0.435. The van der Waals surface area contributed by atoms with Gasteiger partial charge in [-0.2, -0.15) is 0 Å². The van der Waals surface area contributed by atoms with E-state index in [4.69, 9.17) is 9.47 Å². The minimum absolute atomic E-state index is 0.0231. The minimum atomic E-state index is -0.0231. The molecular weight excluding hydrogens is 444 g/mol. The van der Waals surface area contributed by atoms with E-state index in [1.54, 1.807) is 17.7 Å². The van der Waals surface area contributed by atoms with Gasteiger partial charge in [-0.1, -0.05) is 23.9 Å². The smallest absolute Gasteiger partial charge is 0.230 e. The number of carbonyl (C=O) groups excluding carboxylic acids is 1. The van der Waals surface area contributed by atoms with Gasteiger partial charge in [0.15, 0.2) is 0 Å². The van der Waals surface area contributed by atoms with Gasteiger partial charge in [0.25, 0.3) is 0 Å². The third-order valence-corrected chi connectivity index (χ3v) is 7.54. The Morgan fingerprint density at radius 2 is 2.12 bits per heavy atom. The van der Waals surface area contributed by atoms with Crippen molar-refractivity contribution in [1.82, 2.24) is 20.2 Å². The van der Waals surface area contributed by atoms with Crippen LogP contribution in [-0.2, 0) is 16.1 Å². The molecule has 1 aliphatic rings. The van der Waals surface area contributed by atoms with Crippen LogP contribution in [0.5, 0.6) is 5.75 Å². The predicted octanol–water partition coefficient (Wildman–Crippen LogP) is 3.43. The lowest BCUT2D eigenvalue weighted by molar-refractivity contribution is -0.118. The zero-order valence-electron chi connectivity index (χ0n) is 18.4. The summed E-state index contributed by atoms with van der Waals surface area (Å²) in [6, 6.07) is 7.89. The zero-order valence-corrected chi connectivity index (χ0v) is 20.1. The summed E-state index contributed by atoms with van der Waals surface area (Å²) in [5, 5.41) is 4.92. The summed E-state index contributed by atoms with van der Waals surface area (Å²) >= 11 is 3.12. The number of nitrogens with one attached hydrogen (secondary N) is 1. The molecule has 1 aliphatic heterocycles. The lowest BCUT2D eigenvalue weighted by Crippen LogP contribution is -2.38. The molecule has 3 aromatic rings. The van der Waals surface area contributed by atoms with Crippen molar-refractivity contribution in [2.24, 2.45) is 0 Å². The van der Waals surface area contributed by atoms with E-state index in [0.717, 1.165) is 59.4 Å². The number of thioether (sulfide) groups is 1. The van der Waals surface area contributed by atoms with E-state index in [1.807, 2.05) is 24.3 Å². The number of hydrogen-bond acceptors (Lipinski definition) is 8. The van der Waals surface area contributed by atoms with Gasteiger partial charge in [-0.15, -0.1) is 11.3 Å². The molecule has 1 fully saturated rings. The second-order valence-corrected chi connectivity index (χ2v) is 9.82. The Morgan fingerprint density at radius 1 is 1.28 bits per heavy atom. The monoisotopic (exact) mass is 472 g/mol. The third-order valence-electron chi connectivity index (χ3n) is 5.44. The summed E-state index contributed by atoms with van der Waals surface area (Å²) < 4.78 is 11.3. The number of nitrogens with zero attached hydrogens (tertiary/aromatic N) is 3. The molecule has 1 amide bonds. The first kappa shape index (κ1) is 23.0. The largest absolute Gasteiger partial charge is 0.492 e. The topological polar surface area (TPSA) is 76.6 Å². The summed E-state index contributed by atoms with van der Waals surface area (Å²) in [7, 11) is 0. The number of carbonyl (C=O) groups is 1. The molecule has 0 saturated carbocycles. The number of fused-ring (bicyclic) bond motifs is 1. The van der Waals surface area contributed by atoms with Gasteiger partial charge in [-0.05, 0) is 37.1 Å². The summed E-state index contributed by atoms with van der Waals surface area (Å²) in [5.74, 6) is 1.12. The number of thiophene rings is 1. The number of morpholine rings is 1. The van der Waals surface area contributed by atoms with Gasteiger partial charge in [-0.3, -0.25) is 9.69 Å². The van der Waals surface area contributed by atoms with Gasteiger partial charge in [0.05, 0.1) is 19.0 Å². The lowest BCUT2D eigenvalue weighted by atomic mass is 10.2. The van der Waals surface area contributed by atoms with Gasteiger partial charge in [-0.25, -0.2) is 9.97 Å². The molecule has 2 aromatic heterocycles. The van der Waals surface area contributed by atoms with Crippen molar-refractivity contribution in [3.8, 4) is 5.75 Å². The maximum absolute atomic E-state index is 12.4. The molecule has 0 radical (unpaired) electrons. The summed E-state index contributed by atoms with van der Waals surface area (Å²) in [5.41, 5.74) is 2.21. The van der Waals surface area contributed by atoms with Crippen molar-refractivity contribution in [3.05, 3.63) is 46.6 Å². The molecule has 0 aliphatic carbocycles. The number of ether oxygens (including phenoxy) is 2. The summed E-state index contributed by atoms with van der Waals surface area (Å²) in [6.07, 6.45) is 1.57. The molecule has 1 saturated heterocycles. The first-order valence-corrected chi connectivity index (χ1v) is 12.5. The minimum Gasteiger partial charge on any atom is -0.492 e. The van der Waals surface area contributed by atoms with Crippen LogP contribution in [0.4, 0.5) is 0 Å². The van der Waals surface area contributed by atoms with E-state index < -0.39 is 0 Å². The third kappa shape index (κ3) is 5.98. The molecule has 0 bridgehead atoms. The van der Waals surface area contributed by atoms with Crippen molar-refractivity contribution < 1.29 is 14.3 Å². The molecule has 0 spiro atoms. The molecule has 3 heterocycles. The molecule has 1 aromatic carbocycles. The number of hydrogen-bond donors (Lipinski definition) is 1. The fourth-order valence-corrected chi connectivity index (χ4v) is 5.45. The zero-order chi connectivity index (χ0) is 22.3. The highest BCUT2D eigenvalue weighted by Gasteiger charge is 2.14. The van der Waals surface area contributed by atoms with E-state index in [1.165, 1.54) is 22.2 Å². The molecule has 32 heavy (non-hydrogen) atoms. The van der Waals surface area contributed by atoms with Gasteiger partial charge in [0.2, 0.25) is 5.91 Å². The Labute approximate surface area is 196 Å². The molecule has 4 rings (SSSR count). The van der Waals surface area contributed by atoms with Crippen LogP contribution in [0.15, 0.2) is 35.6 Å². The highest BCUT2D eigenvalue weighted by atomic mass is 32.2. The molecule has 170 valence electrons. The number of rotatable bonds is 9. The highest BCUT2D eigenvalue weighted by molar-refractivity contribution is 8.00. The maximum atomic E-state index is 12.4. The second kappa shape index (κ2) is 11.1. The van der Waals surface area contributed by atoms with Crippen LogP contribution < -0.4 is 10.1 Å². The number of aryl methyl sites for hydroxylation is 2. The standard InChI is InChI=1S/C23H28N4O3S2/c1-16-17(2)32-23-21(16)22(25-15-26-23)31-14-20(28)24-13-18-4-3-5-19(12-18)30-11-8-27-6-9-29-10-7-27/h3-5,12,15H,6-11,13-14H2,1-2H3,(H,24,28). The van der Waals surface area contributed by atoms with E-state index >= 15 is 0 Å². The Kier molecular flexibility index (Phi) is 7.96. The molecule has 7 nitrogen and oxygen atoms in total. The predicted molar refractivity (Wildman–Crippen MR) is 129 cm³/mol. The Hall–Kier alpha value is -2.20. The molecule has 1 N–H and O–H groups in total. The van der Waals surface area contributed by atoms with Crippen LogP contribution in [0.2, 0.25) is 0 Å². The lowest BCUT2D eigenvalue weighted by Gasteiger charge is -2.26. The second-order valence-electron chi connectivity index (χ2n) is 7.66. The molecule has 0 unspecified atom stereocenters. The Morgan fingerprint density at radius 3 is 2.97 bits per heavy atom. The van der Waals surface area contributed by atoms with E-state index in [-0.39, 0.29) is 5.91 Å². The summed E-state index contributed by atoms with van der Waals surface area (Å²) in [6.45, 7) is 9.67. The highest BCUT2D eigenvalue weighted by Crippen LogP contribution is 2.34. The summed E-state index contributed by atoms with van der Waals surface area (Å²) in [4.78, 5) is 25.7. The Bertz CT molecular complexity index is 1070. The van der Waals surface area contributed by atoms with Crippen LogP contribution in [0.1, 0.15) is 16.0 Å². The van der Waals surface area contributed by atoms with Crippen molar-refractivity contribution in [1.29, 1.82) is 0 Å². The van der Waals surface area contributed by atoms with Gasteiger partial charge < -0.3 is 14.8 Å². The van der Waals surface area contributed by atoms with Gasteiger partial charge >= 0.3 is 0 Å². The van der Waals surface area contributed by atoms with Gasteiger partial charge in [0.1, 0.15) is 28.5 Å². The van der Waals surface area contributed by atoms with Crippen LogP contribution in [-0.4, -0.2) is 66.0 Å². The van der Waals surface area contributed by atoms with E-state index in [0.29, 0.717) is 18.9 Å².